The summed E-state index contributed by atoms with van der Waals surface area (Å²) in [4.78, 5) is 18.1. The lowest BCUT2D eigenvalue weighted by atomic mass is 9.89. The largest absolute Gasteiger partial charge is 0.375 e. The molecule has 4 fully saturated rings. The van der Waals surface area contributed by atoms with Crippen molar-refractivity contribution in [1.82, 2.24) is 21.2 Å². The van der Waals surface area contributed by atoms with E-state index in [1.165, 1.54) is 32.1 Å². The highest BCUT2D eigenvalue weighted by Crippen LogP contribution is 2.25. The number of nitrogens with one attached hydrogen (secondary N) is 3. The SMILES string of the molecule is O=C(NC1CNN(CC2CCCCC2)C1)C1CC(C2CCCO2)ON1. The van der Waals surface area contributed by atoms with Gasteiger partial charge >= 0.3 is 0 Å². The topological polar surface area (TPSA) is 74.9 Å². The number of rotatable bonds is 5. The summed E-state index contributed by atoms with van der Waals surface area (Å²) in [5.41, 5.74) is 6.36. The average Bonchev–Trinajstić information content (AvgIpc) is 3.37. The highest BCUT2D eigenvalue weighted by Gasteiger charge is 2.38. The van der Waals surface area contributed by atoms with Crippen LogP contribution >= 0.6 is 0 Å². The standard InChI is InChI=1S/C18H32N4O3/c23-18(15-9-17(25-21-15)16-7-4-8-24-16)20-14-10-19-22(12-14)11-13-5-2-1-3-6-13/h13-17,19,21H,1-12H2,(H,20,23). The van der Waals surface area contributed by atoms with Gasteiger partial charge in [-0.25, -0.2) is 5.01 Å². The third-order valence-electron chi connectivity index (χ3n) is 6.08. The van der Waals surface area contributed by atoms with Crippen LogP contribution in [0, 0.1) is 5.92 Å². The average molecular weight is 352 g/mol. The molecular formula is C18H32N4O3. The predicted molar refractivity (Wildman–Crippen MR) is 93.5 cm³/mol. The summed E-state index contributed by atoms with van der Waals surface area (Å²) in [7, 11) is 0. The summed E-state index contributed by atoms with van der Waals surface area (Å²) >= 11 is 0. The van der Waals surface area contributed by atoms with Gasteiger partial charge in [0.1, 0.15) is 12.1 Å². The quantitative estimate of drug-likeness (QED) is 0.677. The zero-order valence-corrected chi connectivity index (χ0v) is 15.0. The molecule has 4 atom stereocenters. The molecule has 3 N–H and O–H groups in total. The summed E-state index contributed by atoms with van der Waals surface area (Å²) in [6, 6.07) is -0.0822. The maximum atomic E-state index is 12.5. The molecule has 1 saturated carbocycles. The second-order valence-electron chi connectivity index (χ2n) is 8.09. The fourth-order valence-electron chi connectivity index (χ4n) is 4.64. The second-order valence-corrected chi connectivity index (χ2v) is 8.09. The Morgan fingerprint density at radius 1 is 1.12 bits per heavy atom. The van der Waals surface area contributed by atoms with Gasteiger partial charge in [-0.1, -0.05) is 19.3 Å². The van der Waals surface area contributed by atoms with Crippen molar-refractivity contribution in [2.75, 3.05) is 26.2 Å². The fraction of sp³-hybridized carbons (Fsp3) is 0.944. The lowest BCUT2D eigenvalue weighted by Crippen LogP contribution is -2.47. The number of hydrogen-bond acceptors (Lipinski definition) is 6. The summed E-state index contributed by atoms with van der Waals surface area (Å²) in [6.07, 6.45) is 9.80. The van der Waals surface area contributed by atoms with Gasteiger partial charge < -0.3 is 10.1 Å². The van der Waals surface area contributed by atoms with E-state index in [2.05, 4.69) is 21.2 Å². The van der Waals surface area contributed by atoms with E-state index < -0.39 is 0 Å². The molecule has 4 unspecified atom stereocenters. The van der Waals surface area contributed by atoms with E-state index in [9.17, 15) is 4.79 Å². The zero-order valence-electron chi connectivity index (χ0n) is 15.0. The fourth-order valence-corrected chi connectivity index (χ4v) is 4.64. The number of hydrogen-bond donors (Lipinski definition) is 3. The first kappa shape index (κ1) is 17.7. The number of amides is 1. The van der Waals surface area contributed by atoms with Gasteiger partial charge in [-0.15, -0.1) is 0 Å². The maximum absolute atomic E-state index is 12.5. The van der Waals surface area contributed by atoms with Crippen molar-refractivity contribution in [2.24, 2.45) is 5.92 Å². The van der Waals surface area contributed by atoms with E-state index in [0.717, 1.165) is 45.0 Å². The maximum Gasteiger partial charge on any atom is 0.239 e. The van der Waals surface area contributed by atoms with Crippen LogP contribution < -0.4 is 16.2 Å². The van der Waals surface area contributed by atoms with E-state index in [1.807, 2.05) is 0 Å². The second kappa shape index (κ2) is 8.31. The van der Waals surface area contributed by atoms with Gasteiger partial charge in [0.25, 0.3) is 0 Å². The van der Waals surface area contributed by atoms with Crippen LogP contribution in [0.15, 0.2) is 0 Å². The molecule has 3 saturated heterocycles. The Balaban J connectivity index is 1.18. The van der Waals surface area contributed by atoms with Crippen LogP contribution in [0.1, 0.15) is 51.4 Å². The van der Waals surface area contributed by atoms with E-state index in [-0.39, 0.29) is 30.2 Å². The van der Waals surface area contributed by atoms with E-state index >= 15 is 0 Å². The van der Waals surface area contributed by atoms with Crippen LogP contribution in [0.4, 0.5) is 0 Å². The summed E-state index contributed by atoms with van der Waals surface area (Å²) in [5, 5.41) is 5.47. The van der Waals surface area contributed by atoms with Crippen molar-refractivity contribution in [3.05, 3.63) is 0 Å². The Labute approximate surface area is 150 Å². The molecule has 0 aromatic carbocycles. The Hall–Kier alpha value is -0.730. The van der Waals surface area contributed by atoms with Crippen LogP contribution in [0.2, 0.25) is 0 Å². The van der Waals surface area contributed by atoms with Gasteiger partial charge in [0, 0.05) is 32.7 Å². The van der Waals surface area contributed by atoms with Crippen molar-refractivity contribution in [1.29, 1.82) is 0 Å². The lowest BCUT2D eigenvalue weighted by molar-refractivity contribution is -0.125. The summed E-state index contributed by atoms with van der Waals surface area (Å²) < 4.78 is 5.67. The van der Waals surface area contributed by atoms with E-state index in [0.29, 0.717) is 6.42 Å². The molecule has 7 heteroatoms. The number of nitrogens with zero attached hydrogens (tertiary/aromatic N) is 1. The highest BCUT2D eigenvalue weighted by atomic mass is 16.7. The molecule has 3 aliphatic heterocycles. The van der Waals surface area contributed by atoms with Gasteiger partial charge in [0.2, 0.25) is 5.91 Å². The van der Waals surface area contributed by atoms with Crippen molar-refractivity contribution in [2.45, 2.75) is 75.7 Å². The van der Waals surface area contributed by atoms with E-state index in [4.69, 9.17) is 9.57 Å². The smallest absolute Gasteiger partial charge is 0.239 e. The molecule has 0 bridgehead atoms. The Bertz CT molecular complexity index is 452. The van der Waals surface area contributed by atoms with Crippen molar-refractivity contribution < 1.29 is 14.4 Å². The summed E-state index contributed by atoms with van der Waals surface area (Å²) in [5.74, 6) is 0.861. The van der Waals surface area contributed by atoms with Crippen molar-refractivity contribution in [3.63, 3.8) is 0 Å². The predicted octanol–water partition coefficient (Wildman–Crippen LogP) is 0.713. The van der Waals surface area contributed by atoms with Crippen LogP contribution in [0.3, 0.4) is 0 Å². The molecule has 1 amide bonds. The molecular weight excluding hydrogens is 320 g/mol. The highest BCUT2D eigenvalue weighted by molar-refractivity contribution is 5.82. The van der Waals surface area contributed by atoms with Crippen LogP contribution in [0.25, 0.3) is 0 Å². The van der Waals surface area contributed by atoms with Gasteiger partial charge in [-0.3, -0.25) is 15.1 Å². The molecule has 0 aromatic heterocycles. The zero-order chi connectivity index (χ0) is 17.1. The normalized spacial score (nSPS) is 37.6. The lowest BCUT2D eigenvalue weighted by Gasteiger charge is -2.26. The monoisotopic (exact) mass is 352 g/mol. The number of carbonyl (C=O) groups excluding carboxylic acids is 1. The first-order chi connectivity index (χ1) is 12.3. The Kier molecular flexibility index (Phi) is 5.87. The molecule has 4 aliphatic rings. The van der Waals surface area contributed by atoms with Crippen LogP contribution in [0.5, 0.6) is 0 Å². The van der Waals surface area contributed by atoms with Gasteiger partial charge in [0.15, 0.2) is 0 Å². The Morgan fingerprint density at radius 2 is 2.00 bits per heavy atom. The molecule has 7 nitrogen and oxygen atoms in total. The minimum absolute atomic E-state index is 0.00255. The van der Waals surface area contributed by atoms with Gasteiger partial charge in [-0.05, 0) is 31.6 Å². The Morgan fingerprint density at radius 3 is 2.80 bits per heavy atom. The number of carbonyl (C=O) groups is 1. The van der Waals surface area contributed by atoms with Crippen molar-refractivity contribution in [3.8, 4) is 0 Å². The first-order valence-electron chi connectivity index (χ1n) is 10.1. The molecule has 0 radical (unpaired) electrons. The molecule has 25 heavy (non-hydrogen) atoms. The molecule has 0 aromatic rings. The third-order valence-corrected chi connectivity index (χ3v) is 6.08. The molecule has 3 heterocycles. The number of ether oxygens (including phenoxy) is 1. The summed E-state index contributed by atoms with van der Waals surface area (Å²) in [6.45, 7) is 3.64. The van der Waals surface area contributed by atoms with Crippen LogP contribution in [-0.2, 0) is 14.4 Å². The van der Waals surface area contributed by atoms with Crippen LogP contribution in [-0.4, -0.2) is 61.4 Å². The molecule has 4 rings (SSSR count). The molecule has 0 spiro atoms. The van der Waals surface area contributed by atoms with Crippen molar-refractivity contribution >= 4 is 5.91 Å². The number of hydroxylamine groups is 1. The molecule has 1 aliphatic carbocycles. The van der Waals surface area contributed by atoms with Gasteiger partial charge in [0.05, 0.1) is 12.1 Å². The minimum atomic E-state index is -0.262. The molecule has 142 valence electrons. The van der Waals surface area contributed by atoms with E-state index in [1.54, 1.807) is 0 Å². The number of hydrazine groups is 1. The first-order valence-corrected chi connectivity index (χ1v) is 10.1. The third kappa shape index (κ3) is 4.52. The minimum Gasteiger partial charge on any atom is -0.375 e. The van der Waals surface area contributed by atoms with Gasteiger partial charge in [-0.2, -0.15) is 5.48 Å².